The molecule has 0 aromatic heterocycles. The Morgan fingerprint density at radius 3 is 2.18 bits per heavy atom. The summed E-state index contributed by atoms with van der Waals surface area (Å²) in [5.74, 6) is 1.06. The maximum atomic E-state index is 4.33. The molecular formula is C28H54N4S. The molecule has 0 aliphatic rings. The van der Waals surface area contributed by atoms with Gasteiger partial charge in [-0.2, -0.15) is 0 Å². The highest BCUT2D eigenvalue weighted by Crippen LogP contribution is 2.10. The lowest BCUT2D eigenvalue weighted by Gasteiger charge is -2.32. The van der Waals surface area contributed by atoms with Crippen LogP contribution in [-0.2, 0) is 0 Å². The Labute approximate surface area is 211 Å². The van der Waals surface area contributed by atoms with Gasteiger partial charge in [-0.1, -0.05) is 63.6 Å². The van der Waals surface area contributed by atoms with Crippen LogP contribution in [0.3, 0.4) is 0 Å². The first-order valence-corrected chi connectivity index (χ1v) is 13.7. The van der Waals surface area contributed by atoms with Crippen molar-refractivity contribution in [1.29, 1.82) is 0 Å². The van der Waals surface area contributed by atoms with Gasteiger partial charge in [-0.25, -0.2) is 0 Å². The van der Waals surface area contributed by atoms with E-state index in [2.05, 4.69) is 105 Å². The van der Waals surface area contributed by atoms with Crippen molar-refractivity contribution in [3.05, 3.63) is 47.7 Å². The molecular weight excluding hydrogens is 424 g/mol. The van der Waals surface area contributed by atoms with Gasteiger partial charge in [0.1, 0.15) is 0 Å². The first-order valence-electron chi connectivity index (χ1n) is 12.7. The molecule has 0 spiro atoms. The van der Waals surface area contributed by atoms with E-state index in [-0.39, 0.29) is 0 Å². The molecule has 0 amide bonds. The zero-order valence-electron chi connectivity index (χ0n) is 23.5. The van der Waals surface area contributed by atoms with Crippen LogP contribution in [0, 0.1) is 0 Å². The standard InChI is InChI=1S/C26H48N4S.C2H6/c1-9-18-29(20-16-19-28(7)8)23-30(25(5)10-2)21-15-13-12-14-17-24(4)22-26(27-6)31-11-3;1-2/h10,12-15,22H,9,11,16-21,23H2,1-8H3;1-2H3/b14-12-,15-13-,24-22+,25-10+,27-26?;. The Bertz CT molecular complexity index is 603. The number of rotatable bonds is 16. The summed E-state index contributed by atoms with van der Waals surface area (Å²) >= 11 is 1.79. The molecule has 0 radical (unpaired) electrons. The summed E-state index contributed by atoms with van der Waals surface area (Å²) in [4.78, 5) is 11.6. The molecule has 0 aromatic carbocycles. The summed E-state index contributed by atoms with van der Waals surface area (Å²) < 4.78 is 0. The highest BCUT2D eigenvalue weighted by molar-refractivity contribution is 8.14. The van der Waals surface area contributed by atoms with Gasteiger partial charge in [0.25, 0.3) is 0 Å². The molecule has 0 aliphatic heterocycles. The van der Waals surface area contributed by atoms with E-state index in [0.29, 0.717) is 0 Å². The SMILES string of the molecule is C/C=C(\C)N(C/C=C\C=C/C/C(C)=C/C(=NC)SCC)CN(CCC)CCCN(C)C.CC. The van der Waals surface area contributed by atoms with Crippen LogP contribution in [0.4, 0.5) is 0 Å². The van der Waals surface area contributed by atoms with Gasteiger partial charge in [0.2, 0.25) is 0 Å². The number of hydrogen-bond acceptors (Lipinski definition) is 5. The Morgan fingerprint density at radius 2 is 1.64 bits per heavy atom. The molecule has 0 N–H and O–H groups in total. The molecule has 0 heterocycles. The number of thioether (sulfide) groups is 1. The third-order valence-corrected chi connectivity index (χ3v) is 5.82. The molecule has 0 atom stereocenters. The predicted octanol–water partition coefficient (Wildman–Crippen LogP) is 7.09. The van der Waals surface area contributed by atoms with Crippen LogP contribution in [0.1, 0.15) is 67.7 Å². The smallest absolute Gasteiger partial charge is 0.0900 e. The van der Waals surface area contributed by atoms with Gasteiger partial charge < -0.3 is 9.80 Å². The molecule has 0 unspecified atom stereocenters. The number of allylic oxidation sites excluding steroid dienone is 6. The Balaban J connectivity index is 0. The minimum Gasteiger partial charge on any atom is -0.359 e. The fourth-order valence-corrected chi connectivity index (χ4v) is 3.81. The molecule has 33 heavy (non-hydrogen) atoms. The topological polar surface area (TPSA) is 22.1 Å². The Kier molecular flexibility index (Phi) is 24.5. The highest BCUT2D eigenvalue weighted by Gasteiger charge is 2.10. The zero-order valence-corrected chi connectivity index (χ0v) is 24.3. The van der Waals surface area contributed by atoms with Crippen LogP contribution in [0.15, 0.2) is 52.7 Å². The lowest BCUT2D eigenvalue weighted by atomic mass is 10.2. The van der Waals surface area contributed by atoms with Gasteiger partial charge in [-0.3, -0.25) is 9.89 Å². The quantitative estimate of drug-likeness (QED) is 0.102. The van der Waals surface area contributed by atoms with Crippen molar-refractivity contribution >= 4 is 16.8 Å². The molecule has 0 aromatic rings. The first kappa shape index (κ1) is 33.9. The van der Waals surface area contributed by atoms with Crippen LogP contribution in [0.2, 0.25) is 0 Å². The third-order valence-electron chi connectivity index (χ3n) is 4.94. The van der Waals surface area contributed by atoms with Gasteiger partial charge in [0, 0.05) is 25.8 Å². The van der Waals surface area contributed by atoms with Gasteiger partial charge in [-0.05, 0) is 79.0 Å². The zero-order chi connectivity index (χ0) is 25.5. The average molecular weight is 479 g/mol. The van der Waals surface area contributed by atoms with Crippen molar-refractivity contribution in [2.45, 2.75) is 67.7 Å². The number of nitrogens with zero attached hydrogens (tertiary/aromatic N) is 4. The normalized spacial score (nSPS) is 13.4. The van der Waals surface area contributed by atoms with E-state index in [4.69, 9.17) is 0 Å². The summed E-state index contributed by atoms with van der Waals surface area (Å²) in [7, 11) is 6.16. The summed E-state index contributed by atoms with van der Waals surface area (Å²) in [6.45, 7) is 20.3. The van der Waals surface area contributed by atoms with E-state index in [1.54, 1.807) is 11.8 Å². The number of hydrogen-bond donors (Lipinski definition) is 0. The van der Waals surface area contributed by atoms with E-state index in [1.165, 1.54) is 24.1 Å². The molecule has 0 aliphatic carbocycles. The minimum absolute atomic E-state index is 0.934. The molecule has 192 valence electrons. The Hall–Kier alpha value is -1.30. The molecule has 0 saturated heterocycles. The van der Waals surface area contributed by atoms with Crippen LogP contribution >= 0.6 is 11.8 Å². The highest BCUT2D eigenvalue weighted by atomic mass is 32.2. The molecule has 5 heteroatoms. The monoisotopic (exact) mass is 478 g/mol. The first-order chi connectivity index (χ1) is 15.9. The van der Waals surface area contributed by atoms with Crippen LogP contribution < -0.4 is 0 Å². The number of aliphatic imine (C=N–C) groups is 1. The van der Waals surface area contributed by atoms with E-state index < -0.39 is 0 Å². The maximum Gasteiger partial charge on any atom is 0.0900 e. The minimum atomic E-state index is 0.934. The largest absolute Gasteiger partial charge is 0.359 e. The van der Waals surface area contributed by atoms with E-state index in [9.17, 15) is 0 Å². The Morgan fingerprint density at radius 1 is 0.970 bits per heavy atom. The third kappa shape index (κ3) is 19.8. The van der Waals surface area contributed by atoms with Crippen LogP contribution in [0.5, 0.6) is 0 Å². The van der Waals surface area contributed by atoms with Gasteiger partial charge in [0.15, 0.2) is 0 Å². The summed E-state index contributed by atoms with van der Waals surface area (Å²) in [6.07, 6.45) is 16.6. The van der Waals surface area contributed by atoms with Crippen LogP contribution in [0.25, 0.3) is 0 Å². The van der Waals surface area contributed by atoms with E-state index in [0.717, 1.165) is 50.1 Å². The van der Waals surface area contributed by atoms with Gasteiger partial charge in [0.05, 0.1) is 11.7 Å². The van der Waals surface area contributed by atoms with Crippen LogP contribution in [-0.4, -0.2) is 79.5 Å². The predicted molar refractivity (Wildman–Crippen MR) is 156 cm³/mol. The van der Waals surface area contributed by atoms with Crippen molar-refractivity contribution < 1.29 is 0 Å². The molecule has 0 bridgehead atoms. The van der Waals surface area contributed by atoms with E-state index in [1.807, 2.05) is 20.9 Å². The maximum absolute atomic E-state index is 4.33. The lowest BCUT2D eigenvalue weighted by molar-refractivity contribution is 0.163. The van der Waals surface area contributed by atoms with Crippen molar-refractivity contribution in [1.82, 2.24) is 14.7 Å². The van der Waals surface area contributed by atoms with Crippen molar-refractivity contribution in [3.8, 4) is 0 Å². The summed E-state index contributed by atoms with van der Waals surface area (Å²) in [5, 5.41) is 1.11. The second-order valence-corrected chi connectivity index (χ2v) is 9.40. The van der Waals surface area contributed by atoms with Crippen molar-refractivity contribution in [2.24, 2.45) is 4.99 Å². The average Bonchev–Trinajstić information content (AvgIpc) is 2.80. The van der Waals surface area contributed by atoms with Gasteiger partial charge in [-0.15, -0.1) is 11.8 Å². The van der Waals surface area contributed by atoms with Crippen molar-refractivity contribution in [2.75, 3.05) is 59.7 Å². The summed E-state index contributed by atoms with van der Waals surface area (Å²) in [5.41, 5.74) is 2.67. The van der Waals surface area contributed by atoms with Crippen molar-refractivity contribution in [3.63, 3.8) is 0 Å². The lowest BCUT2D eigenvalue weighted by Crippen LogP contribution is -2.38. The molecule has 0 saturated carbocycles. The second kappa shape index (κ2) is 23.8. The summed E-state index contributed by atoms with van der Waals surface area (Å²) in [6, 6.07) is 0. The molecule has 0 rings (SSSR count). The van der Waals surface area contributed by atoms with E-state index >= 15 is 0 Å². The fraction of sp³-hybridized carbons (Fsp3) is 0.679. The second-order valence-electron chi connectivity index (χ2n) is 8.11. The molecule has 0 fully saturated rings. The fourth-order valence-electron chi connectivity index (χ4n) is 3.10. The molecule has 4 nitrogen and oxygen atoms in total. The van der Waals surface area contributed by atoms with Gasteiger partial charge >= 0.3 is 0 Å².